The molecule has 0 aliphatic carbocycles. The lowest BCUT2D eigenvalue weighted by atomic mass is 10.0. The average Bonchev–Trinajstić information content (AvgIpc) is 2.56. The molecule has 0 aliphatic heterocycles. The van der Waals surface area contributed by atoms with Crippen molar-refractivity contribution < 1.29 is 19.1 Å². The Morgan fingerprint density at radius 1 is 1.20 bits per heavy atom. The molecule has 0 saturated carbocycles. The van der Waals surface area contributed by atoms with E-state index in [0.29, 0.717) is 21.0 Å². The topological polar surface area (TPSA) is 64.6 Å². The van der Waals surface area contributed by atoms with E-state index in [9.17, 15) is 9.59 Å². The molecule has 0 fully saturated rings. The Balaban J connectivity index is 2.12. The van der Waals surface area contributed by atoms with E-state index in [1.54, 1.807) is 49.6 Å². The fourth-order valence-corrected chi connectivity index (χ4v) is 2.99. The summed E-state index contributed by atoms with van der Waals surface area (Å²) in [6, 6.07) is 11.5. The number of carbonyl (C=O) groups excluding carboxylic acids is 2. The van der Waals surface area contributed by atoms with Crippen molar-refractivity contribution in [1.29, 1.82) is 0 Å². The predicted octanol–water partition coefficient (Wildman–Crippen LogP) is 4.28. The molecule has 1 atom stereocenters. The zero-order valence-electron chi connectivity index (χ0n) is 13.7. The van der Waals surface area contributed by atoms with Crippen LogP contribution in [-0.2, 0) is 9.59 Å². The number of nitrogens with one attached hydrogen (secondary N) is 1. The molecular weight excluding hydrogens is 410 g/mol. The summed E-state index contributed by atoms with van der Waals surface area (Å²) in [4.78, 5) is 23.8. The maximum Gasteiger partial charge on any atom is 0.313 e. The molecule has 0 radical (unpaired) electrons. The molecule has 132 valence electrons. The summed E-state index contributed by atoms with van der Waals surface area (Å²) in [5, 5.41) is 3.29. The fraction of sp³-hybridized carbons (Fsp3) is 0.222. The molecule has 7 heteroatoms. The van der Waals surface area contributed by atoms with Crippen molar-refractivity contribution in [2.45, 2.75) is 19.4 Å². The number of rotatable bonds is 6. The lowest BCUT2D eigenvalue weighted by molar-refractivity contribution is -0.135. The molecule has 0 aromatic heterocycles. The Kier molecular flexibility index (Phi) is 6.84. The first kappa shape index (κ1) is 19.3. The lowest BCUT2D eigenvalue weighted by Gasteiger charge is -2.18. The third-order valence-corrected chi connectivity index (χ3v) is 4.24. The first-order chi connectivity index (χ1) is 11.9. The molecule has 0 spiro atoms. The summed E-state index contributed by atoms with van der Waals surface area (Å²) in [6.45, 7) is 1.40. The van der Waals surface area contributed by atoms with Crippen molar-refractivity contribution in [3.63, 3.8) is 0 Å². The van der Waals surface area contributed by atoms with Crippen molar-refractivity contribution >= 4 is 39.4 Å². The normalized spacial score (nSPS) is 11.5. The second kappa shape index (κ2) is 8.87. The summed E-state index contributed by atoms with van der Waals surface area (Å²) in [5.41, 5.74) is 0.781. The van der Waals surface area contributed by atoms with Crippen molar-refractivity contribution in [2.24, 2.45) is 0 Å². The molecule has 0 heterocycles. The van der Waals surface area contributed by atoms with Gasteiger partial charge >= 0.3 is 5.97 Å². The van der Waals surface area contributed by atoms with E-state index >= 15 is 0 Å². The largest absolute Gasteiger partial charge is 0.497 e. The smallest absolute Gasteiger partial charge is 0.313 e. The number of methoxy groups -OCH3 is 1. The standard InChI is InChI=1S/C18H17BrClNO4/c1-11(22)21-16(12-3-6-14(24-2)7-4-12)10-18(23)25-17-8-5-13(20)9-15(17)19/h3-9,16H,10H2,1-2H3,(H,21,22). The number of esters is 1. The van der Waals surface area contributed by atoms with Gasteiger partial charge < -0.3 is 14.8 Å². The van der Waals surface area contributed by atoms with Gasteiger partial charge in [-0.1, -0.05) is 23.7 Å². The Bertz CT molecular complexity index is 764. The number of ether oxygens (including phenoxy) is 2. The highest BCUT2D eigenvalue weighted by molar-refractivity contribution is 9.10. The number of hydrogen-bond donors (Lipinski definition) is 1. The van der Waals surface area contributed by atoms with Crippen molar-refractivity contribution in [3.8, 4) is 11.5 Å². The summed E-state index contributed by atoms with van der Waals surface area (Å²) < 4.78 is 11.1. The summed E-state index contributed by atoms with van der Waals surface area (Å²) in [6.07, 6.45) is -0.0129. The molecular formula is C18H17BrClNO4. The van der Waals surface area contributed by atoms with E-state index in [0.717, 1.165) is 5.56 Å². The molecule has 25 heavy (non-hydrogen) atoms. The number of benzene rings is 2. The summed E-state index contributed by atoms with van der Waals surface area (Å²) in [5.74, 6) is 0.350. The van der Waals surface area contributed by atoms with E-state index in [-0.39, 0.29) is 12.3 Å². The highest BCUT2D eigenvalue weighted by atomic mass is 79.9. The molecule has 2 aromatic carbocycles. The van der Waals surface area contributed by atoms with Gasteiger partial charge in [0.2, 0.25) is 5.91 Å². The molecule has 0 bridgehead atoms. The van der Waals surface area contributed by atoms with Gasteiger partial charge in [0, 0.05) is 11.9 Å². The predicted molar refractivity (Wildman–Crippen MR) is 99.0 cm³/mol. The maximum absolute atomic E-state index is 12.3. The van der Waals surface area contributed by atoms with Gasteiger partial charge in [-0.25, -0.2) is 0 Å². The van der Waals surface area contributed by atoms with Gasteiger partial charge in [0.1, 0.15) is 11.5 Å². The minimum atomic E-state index is -0.498. The van der Waals surface area contributed by atoms with Gasteiger partial charge in [-0.2, -0.15) is 0 Å². The lowest BCUT2D eigenvalue weighted by Crippen LogP contribution is -2.29. The molecule has 2 aromatic rings. The van der Waals surface area contributed by atoms with Crippen LogP contribution in [0.1, 0.15) is 24.9 Å². The highest BCUT2D eigenvalue weighted by Gasteiger charge is 2.19. The van der Waals surface area contributed by atoms with E-state index in [2.05, 4.69) is 21.2 Å². The Morgan fingerprint density at radius 3 is 2.44 bits per heavy atom. The van der Waals surface area contributed by atoms with E-state index < -0.39 is 12.0 Å². The Morgan fingerprint density at radius 2 is 1.88 bits per heavy atom. The van der Waals surface area contributed by atoms with Crippen LogP contribution < -0.4 is 14.8 Å². The summed E-state index contributed by atoms with van der Waals surface area (Å²) >= 11 is 9.17. The van der Waals surface area contributed by atoms with Crippen molar-refractivity contribution in [3.05, 3.63) is 57.5 Å². The van der Waals surface area contributed by atoms with Crippen LogP contribution in [0.4, 0.5) is 0 Å². The van der Waals surface area contributed by atoms with Crippen LogP contribution in [0.15, 0.2) is 46.9 Å². The number of halogens is 2. The van der Waals surface area contributed by atoms with Crippen molar-refractivity contribution in [1.82, 2.24) is 5.32 Å². The van der Waals surface area contributed by atoms with E-state index in [4.69, 9.17) is 21.1 Å². The van der Waals surface area contributed by atoms with Crippen LogP contribution in [0, 0.1) is 0 Å². The first-order valence-corrected chi connectivity index (χ1v) is 8.63. The minimum absolute atomic E-state index is 0.0129. The van der Waals surface area contributed by atoms with Crippen LogP contribution in [-0.4, -0.2) is 19.0 Å². The van der Waals surface area contributed by atoms with Crippen LogP contribution in [0.25, 0.3) is 0 Å². The molecule has 0 aliphatic rings. The third kappa shape index (κ3) is 5.76. The SMILES string of the molecule is COc1ccc(C(CC(=O)Oc2ccc(Cl)cc2Br)NC(C)=O)cc1. The van der Waals surface area contributed by atoms with E-state index in [1.807, 2.05) is 0 Å². The molecule has 1 N–H and O–H groups in total. The molecule has 1 amide bonds. The fourth-order valence-electron chi connectivity index (χ4n) is 2.22. The van der Waals surface area contributed by atoms with Gasteiger partial charge in [-0.3, -0.25) is 9.59 Å². The second-order valence-corrected chi connectivity index (χ2v) is 6.57. The van der Waals surface area contributed by atoms with Gasteiger partial charge in [-0.05, 0) is 51.8 Å². The Labute approximate surface area is 159 Å². The number of carbonyl (C=O) groups is 2. The quantitative estimate of drug-likeness (QED) is 0.553. The second-order valence-electron chi connectivity index (χ2n) is 5.28. The highest BCUT2D eigenvalue weighted by Crippen LogP contribution is 2.29. The average molecular weight is 427 g/mol. The van der Waals surface area contributed by atoms with E-state index in [1.165, 1.54) is 6.92 Å². The van der Waals surface area contributed by atoms with Gasteiger partial charge in [0.05, 0.1) is 24.0 Å². The number of hydrogen-bond acceptors (Lipinski definition) is 4. The molecule has 5 nitrogen and oxygen atoms in total. The van der Waals surface area contributed by atoms with Crippen molar-refractivity contribution in [2.75, 3.05) is 7.11 Å². The molecule has 2 rings (SSSR count). The summed E-state index contributed by atoms with van der Waals surface area (Å²) in [7, 11) is 1.57. The number of amides is 1. The van der Waals surface area contributed by atoms with Gasteiger partial charge in [0.15, 0.2) is 0 Å². The van der Waals surface area contributed by atoms with Gasteiger partial charge in [0.25, 0.3) is 0 Å². The Hall–Kier alpha value is -2.05. The van der Waals surface area contributed by atoms with Gasteiger partial charge in [-0.15, -0.1) is 0 Å². The molecule has 1 unspecified atom stereocenters. The van der Waals surface area contributed by atoms with Crippen LogP contribution in [0.3, 0.4) is 0 Å². The van der Waals surface area contributed by atoms with Crippen LogP contribution in [0.2, 0.25) is 5.02 Å². The van der Waals surface area contributed by atoms with Crippen LogP contribution >= 0.6 is 27.5 Å². The zero-order valence-corrected chi connectivity index (χ0v) is 16.1. The molecule has 0 saturated heterocycles. The minimum Gasteiger partial charge on any atom is -0.497 e. The third-order valence-electron chi connectivity index (χ3n) is 3.38. The monoisotopic (exact) mass is 425 g/mol. The zero-order chi connectivity index (χ0) is 18.4. The van der Waals surface area contributed by atoms with Crippen LogP contribution in [0.5, 0.6) is 11.5 Å². The maximum atomic E-state index is 12.3. The first-order valence-electron chi connectivity index (χ1n) is 7.46.